The van der Waals surface area contributed by atoms with Gasteiger partial charge >= 0.3 is 6.09 Å². The molecule has 0 saturated carbocycles. The lowest BCUT2D eigenvalue weighted by atomic mass is 10.0. The van der Waals surface area contributed by atoms with E-state index in [9.17, 15) is 14.0 Å². The van der Waals surface area contributed by atoms with Crippen LogP contribution in [0.5, 0.6) is 0 Å². The molecular weight excluding hydrogens is 357 g/mol. The number of amides is 2. The van der Waals surface area contributed by atoms with E-state index in [-0.39, 0.29) is 11.7 Å². The first kappa shape index (κ1) is 18.8. The van der Waals surface area contributed by atoms with E-state index in [0.717, 1.165) is 24.1 Å². The van der Waals surface area contributed by atoms with Gasteiger partial charge in [0.05, 0.1) is 0 Å². The molecule has 2 heterocycles. The van der Waals surface area contributed by atoms with Gasteiger partial charge in [0, 0.05) is 11.4 Å². The van der Waals surface area contributed by atoms with Crippen LogP contribution in [-0.4, -0.2) is 40.1 Å². The molecule has 2 amide bonds. The van der Waals surface area contributed by atoms with Crippen LogP contribution in [0.1, 0.15) is 57.0 Å². The highest BCUT2D eigenvalue weighted by molar-refractivity contribution is 7.16. The summed E-state index contributed by atoms with van der Waals surface area (Å²) in [6.45, 7) is 5.88. The maximum Gasteiger partial charge on any atom is 0.410 e. The maximum absolute atomic E-state index is 13.8. The molecule has 0 aromatic carbocycles. The van der Waals surface area contributed by atoms with E-state index in [1.165, 1.54) is 22.3 Å². The second-order valence-corrected chi connectivity index (χ2v) is 8.64. The minimum Gasteiger partial charge on any atom is -0.444 e. The van der Waals surface area contributed by atoms with Crippen molar-refractivity contribution in [1.29, 1.82) is 0 Å². The van der Waals surface area contributed by atoms with Gasteiger partial charge in [-0.1, -0.05) is 0 Å². The van der Waals surface area contributed by atoms with Gasteiger partial charge in [0.2, 0.25) is 5.91 Å². The highest BCUT2D eigenvalue weighted by atomic mass is 32.1. The molecule has 0 bridgehead atoms. The molecule has 2 aliphatic rings. The van der Waals surface area contributed by atoms with Crippen molar-refractivity contribution in [3.63, 3.8) is 0 Å². The number of nitrogens with zero attached hydrogens (tertiary/aromatic N) is 2. The van der Waals surface area contributed by atoms with Gasteiger partial charge in [-0.15, -0.1) is 11.3 Å². The highest BCUT2D eigenvalue weighted by Gasteiger charge is 2.35. The smallest absolute Gasteiger partial charge is 0.410 e. The number of thiazole rings is 1. The van der Waals surface area contributed by atoms with E-state index in [0.29, 0.717) is 30.2 Å². The van der Waals surface area contributed by atoms with Crippen LogP contribution in [0.3, 0.4) is 0 Å². The normalized spacial score (nSPS) is 20.2. The summed E-state index contributed by atoms with van der Waals surface area (Å²) in [6.07, 6.45) is 4.68. The number of fused-ring (bicyclic) bond motifs is 1. The SMILES string of the molecule is CC(C)(C)OC(=O)N1CCCC[C@H]1C(=O)Nc1nc2c(s1)CCC=C2F. The van der Waals surface area contributed by atoms with E-state index in [1.807, 2.05) is 0 Å². The summed E-state index contributed by atoms with van der Waals surface area (Å²) in [7, 11) is 0. The van der Waals surface area contributed by atoms with Crippen LogP contribution in [0.15, 0.2) is 6.08 Å². The average Bonchev–Trinajstić information content (AvgIpc) is 2.97. The average molecular weight is 381 g/mol. The number of aryl methyl sites for hydroxylation is 1. The van der Waals surface area contributed by atoms with Gasteiger partial charge < -0.3 is 10.1 Å². The Kier molecular flexibility index (Phi) is 5.32. The van der Waals surface area contributed by atoms with Crippen LogP contribution in [0.4, 0.5) is 14.3 Å². The summed E-state index contributed by atoms with van der Waals surface area (Å²) < 4.78 is 19.3. The first-order valence-electron chi connectivity index (χ1n) is 8.91. The molecule has 1 aliphatic carbocycles. The van der Waals surface area contributed by atoms with Gasteiger partial charge in [0.15, 0.2) is 5.13 Å². The summed E-state index contributed by atoms with van der Waals surface area (Å²) in [5, 5.41) is 3.14. The fraction of sp³-hybridized carbons (Fsp3) is 0.611. The van der Waals surface area contributed by atoms with Crippen molar-refractivity contribution < 1.29 is 18.7 Å². The topological polar surface area (TPSA) is 71.5 Å². The first-order valence-corrected chi connectivity index (χ1v) is 9.72. The zero-order valence-electron chi connectivity index (χ0n) is 15.3. The number of hydrogen-bond donors (Lipinski definition) is 1. The summed E-state index contributed by atoms with van der Waals surface area (Å²) >= 11 is 1.29. The molecule has 1 aliphatic heterocycles. The van der Waals surface area contributed by atoms with E-state index in [4.69, 9.17) is 4.74 Å². The molecule has 0 radical (unpaired) electrons. The maximum atomic E-state index is 13.8. The van der Waals surface area contributed by atoms with E-state index in [1.54, 1.807) is 20.8 Å². The van der Waals surface area contributed by atoms with Gasteiger partial charge in [-0.3, -0.25) is 9.69 Å². The number of anilines is 1. The molecule has 142 valence electrons. The number of piperidine rings is 1. The molecule has 1 aromatic heterocycles. The lowest BCUT2D eigenvalue weighted by molar-refractivity contribution is -0.122. The molecule has 1 N–H and O–H groups in total. The van der Waals surface area contributed by atoms with Crippen molar-refractivity contribution >= 4 is 34.3 Å². The molecule has 1 atom stereocenters. The highest BCUT2D eigenvalue weighted by Crippen LogP contribution is 2.34. The van der Waals surface area contributed by atoms with Crippen molar-refractivity contribution in [3.05, 3.63) is 16.6 Å². The monoisotopic (exact) mass is 381 g/mol. The Bertz CT molecular complexity index is 739. The van der Waals surface area contributed by atoms with Crippen LogP contribution in [0.25, 0.3) is 5.83 Å². The minimum atomic E-state index is -0.617. The number of nitrogens with one attached hydrogen (secondary N) is 1. The molecule has 8 heteroatoms. The van der Waals surface area contributed by atoms with Gasteiger partial charge in [0.1, 0.15) is 23.2 Å². The summed E-state index contributed by atoms with van der Waals surface area (Å²) in [6, 6.07) is -0.597. The van der Waals surface area contributed by atoms with Crippen LogP contribution in [-0.2, 0) is 16.0 Å². The second kappa shape index (κ2) is 7.34. The number of rotatable bonds is 2. The van der Waals surface area contributed by atoms with Crippen LogP contribution in [0, 0.1) is 0 Å². The molecular formula is C18H24FN3O3S. The molecule has 6 nitrogen and oxygen atoms in total. The van der Waals surface area contributed by atoms with Gasteiger partial charge in [-0.05, 0) is 59.0 Å². The van der Waals surface area contributed by atoms with Gasteiger partial charge in [0.25, 0.3) is 0 Å². The van der Waals surface area contributed by atoms with Gasteiger partial charge in [-0.2, -0.15) is 0 Å². The molecule has 26 heavy (non-hydrogen) atoms. The Morgan fingerprint density at radius 1 is 1.38 bits per heavy atom. The quantitative estimate of drug-likeness (QED) is 0.836. The van der Waals surface area contributed by atoms with Crippen molar-refractivity contribution in [2.45, 2.75) is 64.5 Å². The number of ether oxygens (including phenoxy) is 1. The third kappa shape index (κ3) is 4.23. The fourth-order valence-corrected chi connectivity index (χ4v) is 4.10. The zero-order chi connectivity index (χ0) is 18.9. The number of allylic oxidation sites excluding steroid dienone is 1. The zero-order valence-corrected chi connectivity index (χ0v) is 16.1. The summed E-state index contributed by atoms with van der Waals surface area (Å²) in [5.74, 6) is -0.637. The van der Waals surface area contributed by atoms with Crippen molar-refractivity contribution in [3.8, 4) is 0 Å². The standard InChI is InChI=1S/C18H24FN3O3S/c1-18(2,3)25-17(24)22-10-5-4-8-12(22)15(23)21-16-20-14-11(19)7-6-9-13(14)26-16/h7,12H,4-6,8-10H2,1-3H3,(H,20,21,23)/t12-/m0/s1. The third-order valence-electron chi connectivity index (χ3n) is 4.28. The number of carbonyl (C=O) groups excluding carboxylic acids is 2. The fourth-order valence-electron chi connectivity index (χ4n) is 3.12. The second-order valence-electron chi connectivity index (χ2n) is 7.56. The van der Waals surface area contributed by atoms with Gasteiger partial charge in [-0.25, -0.2) is 14.2 Å². The Balaban J connectivity index is 1.71. The van der Waals surface area contributed by atoms with Crippen molar-refractivity contribution in [2.75, 3.05) is 11.9 Å². The summed E-state index contributed by atoms with van der Waals surface area (Å²) in [5.41, 5.74) is -0.294. The number of carbonyl (C=O) groups is 2. The molecule has 1 aromatic rings. The Morgan fingerprint density at radius 2 is 2.15 bits per heavy atom. The lowest BCUT2D eigenvalue weighted by Crippen LogP contribution is -2.51. The lowest BCUT2D eigenvalue weighted by Gasteiger charge is -2.35. The number of likely N-dealkylation sites (tertiary alicyclic amines) is 1. The van der Waals surface area contributed by atoms with E-state index >= 15 is 0 Å². The molecule has 3 rings (SSSR count). The van der Waals surface area contributed by atoms with Crippen LogP contribution >= 0.6 is 11.3 Å². The minimum absolute atomic E-state index is 0.300. The van der Waals surface area contributed by atoms with E-state index < -0.39 is 17.7 Å². The third-order valence-corrected chi connectivity index (χ3v) is 5.31. The predicted molar refractivity (Wildman–Crippen MR) is 98.7 cm³/mol. The number of halogens is 1. The Labute approximate surface area is 156 Å². The van der Waals surface area contributed by atoms with Crippen molar-refractivity contribution in [2.24, 2.45) is 0 Å². The largest absolute Gasteiger partial charge is 0.444 e. The van der Waals surface area contributed by atoms with Crippen molar-refractivity contribution in [1.82, 2.24) is 9.88 Å². The molecule has 0 unspecified atom stereocenters. The first-order chi connectivity index (χ1) is 12.2. The predicted octanol–water partition coefficient (Wildman–Crippen LogP) is 4.13. The number of hydrogen-bond acceptors (Lipinski definition) is 5. The molecule has 1 saturated heterocycles. The van der Waals surface area contributed by atoms with Crippen LogP contribution in [0.2, 0.25) is 0 Å². The molecule has 1 fully saturated rings. The Morgan fingerprint density at radius 3 is 2.85 bits per heavy atom. The van der Waals surface area contributed by atoms with E-state index in [2.05, 4.69) is 10.3 Å². The molecule has 0 spiro atoms. The number of aromatic nitrogens is 1. The summed E-state index contributed by atoms with van der Waals surface area (Å²) in [4.78, 5) is 31.7. The van der Waals surface area contributed by atoms with Crippen LogP contribution < -0.4 is 5.32 Å². The Hall–Kier alpha value is -1.96.